The van der Waals surface area contributed by atoms with Crippen molar-refractivity contribution in [3.63, 3.8) is 0 Å². The summed E-state index contributed by atoms with van der Waals surface area (Å²) in [6, 6.07) is 31.1. The molecule has 3 heteroatoms. The van der Waals surface area contributed by atoms with Gasteiger partial charge in [-0.3, -0.25) is 0 Å². The van der Waals surface area contributed by atoms with Crippen LogP contribution in [0.1, 0.15) is 46.1 Å². The first kappa shape index (κ1) is 25.3. The van der Waals surface area contributed by atoms with Crippen molar-refractivity contribution < 1.29 is 9.31 Å². The van der Waals surface area contributed by atoms with E-state index >= 15 is 0 Å². The molecule has 1 heterocycles. The molecule has 1 fully saturated rings. The molecule has 198 valence electrons. The van der Waals surface area contributed by atoms with Crippen molar-refractivity contribution in [3.8, 4) is 11.1 Å². The Labute approximate surface area is 237 Å². The van der Waals surface area contributed by atoms with E-state index in [1.54, 1.807) is 0 Å². The third-order valence-corrected chi connectivity index (χ3v) is 9.45. The van der Waals surface area contributed by atoms with Gasteiger partial charge in [-0.1, -0.05) is 116 Å². The van der Waals surface area contributed by atoms with E-state index in [0.717, 1.165) is 5.46 Å². The molecule has 0 aromatic heterocycles. The topological polar surface area (TPSA) is 18.5 Å². The maximum atomic E-state index is 6.50. The number of fused-ring (bicyclic) bond motifs is 3. The predicted octanol–water partition coefficient (Wildman–Crippen LogP) is 8.96. The monoisotopic (exact) mass is 522 g/mol. The molecule has 5 aromatic carbocycles. The Morgan fingerprint density at radius 1 is 0.575 bits per heavy atom. The zero-order chi connectivity index (χ0) is 27.6. The summed E-state index contributed by atoms with van der Waals surface area (Å²) >= 11 is 0. The lowest BCUT2D eigenvalue weighted by atomic mass is 9.74. The molecule has 2 nitrogen and oxygen atoms in total. The zero-order valence-electron chi connectivity index (χ0n) is 23.9. The Morgan fingerprint density at radius 2 is 1.07 bits per heavy atom. The molecular weight excluding hydrogens is 487 g/mol. The Balaban J connectivity index is 1.51. The molecule has 5 aromatic rings. The van der Waals surface area contributed by atoms with Crippen LogP contribution in [0.15, 0.2) is 109 Å². The molecule has 1 saturated heterocycles. The van der Waals surface area contributed by atoms with Gasteiger partial charge in [-0.15, -0.1) is 0 Å². The lowest BCUT2D eigenvalue weighted by Crippen LogP contribution is -2.41. The molecule has 7 rings (SSSR count). The minimum Gasteiger partial charge on any atom is -0.399 e. The smallest absolute Gasteiger partial charge is 0.399 e. The van der Waals surface area contributed by atoms with Crippen molar-refractivity contribution in [3.05, 3.63) is 115 Å². The Bertz CT molecular complexity index is 1770. The van der Waals surface area contributed by atoms with Crippen LogP contribution in [-0.4, -0.2) is 18.3 Å². The van der Waals surface area contributed by atoms with Crippen LogP contribution in [-0.2, 0) is 9.31 Å². The first-order valence-corrected chi connectivity index (χ1v) is 14.4. The van der Waals surface area contributed by atoms with Crippen LogP contribution in [0.25, 0.3) is 43.4 Å². The van der Waals surface area contributed by atoms with E-state index < -0.39 is 7.12 Å². The van der Waals surface area contributed by atoms with E-state index in [2.05, 4.69) is 144 Å². The van der Waals surface area contributed by atoms with Crippen LogP contribution in [0.4, 0.5) is 0 Å². The van der Waals surface area contributed by atoms with Gasteiger partial charge in [0.25, 0.3) is 0 Å². The largest absolute Gasteiger partial charge is 0.495 e. The zero-order valence-corrected chi connectivity index (χ0v) is 23.9. The van der Waals surface area contributed by atoms with Crippen LogP contribution in [0, 0.1) is 5.92 Å². The van der Waals surface area contributed by atoms with Gasteiger partial charge >= 0.3 is 7.12 Å². The van der Waals surface area contributed by atoms with Crippen molar-refractivity contribution in [2.75, 3.05) is 0 Å². The molecule has 0 radical (unpaired) electrons. The predicted molar refractivity (Wildman–Crippen MR) is 170 cm³/mol. The molecule has 0 spiro atoms. The highest BCUT2D eigenvalue weighted by molar-refractivity contribution is 6.65. The molecule has 2 atom stereocenters. The molecule has 0 saturated carbocycles. The first-order valence-electron chi connectivity index (χ1n) is 14.4. The van der Waals surface area contributed by atoms with Crippen LogP contribution in [0.2, 0.25) is 0 Å². The second-order valence-corrected chi connectivity index (χ2v) is 12.4. The summed E-state index contributed by atoms with van der Waals surface area (Å²) in [6.45, 7) is 10.8. The lowest BCUT2D eigenvalue weighted by molar-refractivity contribution is 0.00578. The van der Waals surface area contributed by atoms with E-state index in [1.165, 1.54) is 49.0 Å². The second-order valence-electron chi connectivity index (χ2n) is 12.4. The highest BCUT2D eigenvalue weighted by Gasteiger charge is 2.52. The first-order chi connectivity index (χ1) is 19.3. The molecule has 0 N–H and O–H groups in total. The van der Waals surface area contributed by atoms with E-state index in [1.807, 2.05) is 0 Å². The molecule has 2 aliphatic rings. The molecule has 40 heavy (non-hydrogen) atoms. The average Bonchev–Trinajstić information content (AvgIpc) is 3.18. The van der Waals surface area contributed by atoms with Gasteiger partial charge < -0.3 is 9.31 Å². The molecule has 2 unspecified atom stereocenters. The van der Waals surface area contributed by atoms with Gasteiger partial charge in [0.15, 0.2) is 0 Å². The normalized spacial score (nSPS) is 21.6. The van der Waals surface area contributed by atoms with Crippen molar-refractivity contribution in [1.82, 2.24) is 0 Å². The van der Waals surface area contributed by atoms with Gasteiger partial charge in [-0.25, -0.2) is 0 Å². The SMILES string of the molecule is CC1C=CC=CC1c1c2ccccc2c(-c2ccc(B3OC(C)(C)C(C)(C)O3)c3ccccc23)c2ccccc12. The molecule has 1 aliphatic carbocycles. The highest BCUT2D eigenvalue weighted by atomic mass is 16.7. The Kier molecular flexibility index (Phi) is 5.82. The number of hydrogen-bond acceptors (Lipinski definition) is 2. The summed E-state index contributed by atoms with van der Waals surface area (Å²) in [4.78, 5) is 0. The summed E-state index contributed by atoms with van der Waals surface area (Å²) in [5.74, 6) is 0.763. The lowest BCUT2D eigenvalue weighted by Gasteiger charge is -2.32. The molecule has 1 aliphatic heterocycles. The van der Waals surface area contributed by atoms with Crippen molar-refractivity contribution in [2.24, 2.45) is 5.92 Å². The minimum atomic E-state index is -0.410. The van der Waals surface area contributed by atoms with E-state index in [-0.39, 0.29) is 11.2 Å². The fourth-order valence-electron chi connectivity index (χ4n) is 6.60. The van der Waals surface area contributed by atoms with Crippen LogP contribution >= 0.6 is 0 Å². The third-order valence-electron chi connectivity index (χ3n) is 9.45. The minimum absolute atomic E-state index is 0.330. The quantitative estimate of drug-likeness (QED) is 0.174. The number of allylic oxidation sites excluding steroid dienone is 4. The van der Waals surface area contributed by atoms with E-state index in [4.69, 9.17) is 9.31 Å². The number of hydrogen-bond donors (Lipinski definition) is 0. The Hall–Kier alpha value is -3.66. The Morgan fingerprint density at radius 3 is 1.65 bits per heavy atom. The standard InChI is InChI=1S/C37H35BO2/c1-24-14-6-7-15-25(24)34-28-18-10-12-20-30(28)35(31-21-13-11-19-29(31)34)32-22-23-33(27-17-9-8-16-26(27)32)38-39-36(2,3)37(4,5)40-38/h6-25H,1-5H3. The molecule has 0 bridgehead atoms. The van der Waals surface area contributed by atoms with Gasteiger partial charge in [-0.2, -0.15) is 0 Å². The second kappa shape index (κ2) is 9.19. The van der Waals surface area contributed by atoms with Crippen LogP contribution in [0.5, 0.6) is 0 Å². The van der Waals surface area contributed by atoms with E-state index in [0.29, 0.717) is 11.8 Å². The molecule has 0 amide bonds. The van der Waals surface area contributed by atoms with Crippen molar-refractivity contribution >= 4 is 44.9 Å². The number of rotatable bonds is 3. The summed E-state index contributed by atoms with van der Waals surface area (Å²) in [5, 5.41) is 7.62. The maximum Gasteiger partial charge on any atom is 0.495 e. The van der Waals surface area contributed by atoms with Gasteiger partial charge in [-0.05, 0) is 88.1 Å². The third kappa shape index (κ3) is 3.79. The summed E-state index contributed by atoms with van der Waals surface area (Å²) in [6.07, 6.45) is 9.06. The summed E-state index contributed by atoms with van der Waals surface area (Å²) in [7, 11) is -0.410. The van der Waals surface area contributed by atoms with E-state index in [9.17, 15) is 0 Å². The average molecular weight is 522 g/mol. The maximum absolute atomic E-state index is 6.50. The van der Waals surface area contributed by atoms with Crippen LogP contribution < -0.4 is 5.46 Å². The van der Waals surface area contributed by atoms with Crippen molar-refractivity contribution in [2.45, 2.75) is 51.7 Å². The molecular formula is C37H35BO2. The highest BCUT2D eigenvalue weighted by Crippen LogP contribution is 2.46. The van der Waals surface area contributed by atoms with Gasteiger partial charge in [0.2, 0.25) is 0 Å². The van der Waals surface area contributed by atoms with Crippen molar-refractivity contribution in [1.29, 1.82) is 0 Å². The van der Waals surface area contributed by atoms with Gasteiger partial charge in [0.1, 0.15) is 0 Å². The van der Waals surface area contributed by atoms with Gasteiger partial charge in [0.05, 0.1) is 11.2 Å². The van der Waals surface area contributed by atoms with Gasteiger partial charge in [0, 0.05) is 5.92 Å². The summed E-state index contributed by atoms with van der Waals surface area (Å²) in [5.41, 5.74) is 4.24. The van der Waals surface area contributed by atoms with Crippen LogP contribution in [0.3, 0.4) is 0 Å². The number of benzene rings is 5. The summed E-state index contributed by atoms with van der Waals surface area (Å²) < 4.78 is 13.0. The fraction of sp³-hybridized carbons (Fsp3) is 0.243. The fourth-order valence-corrected chi connectivity index (χ4v) is 6.60.